The molecule has 2 N–H and O–H groups in total. The minimum Gasteiger partial charge on any atom is -0.389 e. The van der Waals surface area contributed by atoms with Crippen LogP contribution in [0.2, 0.25) is 0 Å². The van der Waals surface area contributed by atoms with E-state index in [9.17, 15) is 9.90 Å². The second-order valence-electron chi connectivity index (χ2n) is 12.2. The van der Waals surface area contributed by atoms with E-state index in [2.05, 4.69) is 39.2 Å². The quantitative estimate of drug-likeness (QED) is 0.644. The Bertz CT molecular complexity index is 1200. The number of nitrogens with one attached hydrogen (secondary N) is 1. The number of carbonyl (C=O) groups is 1. The van der Waals surface area contributed by atoms with Crippen LogP contribution < -0.4 is 10.2 Å². The van der Waals surface area contributed by atoms with Gasteiger partial charge in [0.05, 0.1) is 24.9 Å². The van der Waals surface area contributed by atoms with E-state index in [-0.39, 0.29) is 22.8 Å². The van der Waals surface area contributed by atoms with Crippen molar-refractivity contribution in [2.45, 2.75) is 56.6 Å². The number of rotatable bonds is 5. The monoisotopic (exact) mass is 506 g/mol. The molecular weight excluding hydrogens is 468 g/mol. The van der Waals surface area contributed by atoms with Gasteiger partial charge in [0.15, 0.2) is 0 Å². The average molecular weight is 507 g/mol. The predicted molar refractivity (Wildman–Crippen MR) is 142 cm³/mol. The number of fused-ring (bicyclic) bond motifs is 1. The molecule has 8 nitrogen and oxygen atoms in total. The van der Waals surface area contributed by atoms with Crippen molar-refractivity contribution in [3.8, 4) is 0 Å². The molecule has 4 heterocycles. The zero-order valence-electron chi connectivity index (χ0n) is 21.7. The van der Waals surface area contributed by atoms with Crippen LogP contribution in [0.3, 0.4) is 0 Å². The highest BCUT2D eigenvalue weighted by atomic mass is 16.5. The molecule has 5 aliphatic rings. The van der Waals surface area contributed by atoms with E-state index in [0.29, 0.717) is 24.9 Å². The van der Waals surface area contributed by atoms with E-state index >= 15 is 0 Å². The number of benzene rings is 1. The van der Waals surface area contributed by atoms with Gasteiger partial charge in [0.1, 0.15) is 5.82 Å². The molecule has 2 aromatic rings. The fourth-order valence-electron chi connectivity index (χ4n) is 6.94. The van der Waals surface area contributed by atoms with Crippen LogP contribution in [0.4, 0.5) is 11.5 Å². The lowest BCUT2D eigenvalue weighted by Crippen LogP contribution is -2.60. The maximum absolute atomic E-state index is 13.0. The van der Waals surface area contributed by atoms with Crippen LogP contribution in [0.15, 0.2) is 24.4 Å². The SMILES string of the molecule is C[C@@]1(N2CCN(c3cc4cc(NC(=O)[C@@H]5CC56CCOCC6)ncc4cc3C3CC3)CC2)COC[C@@H]1O. The van der Waals surface area contributed by atoms with E-state index in [1.54, 1.807) is 0 Å². The number of nitrogens with zero attached hydrogens (tertiary/aromatic N) is 3. The summed E-state index contributed by atoms with van der Waals surface area (Å²) in [5.41, 5.74) is 2.60. The van der Waals surface area contributed by atoms with Crippen molar-refractivity contribution >= 4 is 28.2 Å². The molecule has 3 atom stereocenters. The predicted octanol–water partition coefficient (Wildman–Crippen LogP) is 3.14. The van der Waals surface area contributed by atoms with Crippen molar-refractivity contribution in [3.05, 3.63) is 30.0 Å². The second kappa shape index (κ2) is 8.90. The highest BCUT2D eigenvalue weighted by molar-refractivity contribution is 5.97. The minimum atomic E-state index is -0.431. The van der Waals surface area contributed by atoms with E-state index < -0.39 is 6.10 Å². The Morgan fingerprint density at radius 2 is 1.86 bits per heavy atom. The summed E-state index contributed by atoms with van der Waals surface area (Å²) in [6.45, 7) is 8.35. The zero-order chi connectivity index (χ0) is 25.2. The lowest BCUT2D eigenvalue weighted by molar-refractivity contribution is -0.118. The molecule has 5 fully saturated rings. The van der Waals surface area contributed by atoms with E-state index in [1.165, 1.54) is 24.1 Å². The van der Waals surface area contributed by atoms with Crippen molar-refractivity contribution < 1.29 is 19.4 Å². The number of hydrogen-bond acceptors (Lipinski definition) is 7. The molecule has 0 radical (unpaired) electrons. The van der Waals surface area contributed by atoms with Gasteiger partial charge in [0.25, 0.3) is 0 Å². The molecule has 1 aromatic carbocycles. The van der Waals surface area contributed by atoms with Crippen LogP contribution in [0.5, 0.6) is 0 Å². The summed E-state index contributed by atoms with van der Waals surface area (Å²) in [5, 5.41) is 15.9. The normalized spacial score (nSPS) is 31.7. The molecule has 2 aliphatic carbocycles. The lowest BCUT2D eigenvalue weighted by atomic mass is 9.93. The summed E-state index contributed by atoms with van der Waals surface area (Å²) in [6, 6.07) is 6.67. The fourth-order valence-corrected chi connectivity index (χ4v) is 6.94. The molecule has 2 saturated carbocycles. The molecule has 1 aromatic heterocycles. The van der Waals surface area contributed by atoms with Gasteiger partial charge in [-0.05, 0) is 79.5 Å². The first-order chi connectivity index (χ1) is 18.0. The molecule has 1 spiro atoms. The third-order valence-electron chi connectivity index (χ3n) is 9.86. The first kappa shape index (κ1) is 23.8. The summed E-state index contributed by atoms with van der Waals surface area (Å²) >= 11 is 0. The molecule has 37 heavy (non-hydrogen) atoms. The van der Waals surface area contributed by atoms with Gasteiger partial charge in [-0.2, -0.15) is 0 Å². The second-order valence-corrected chi connectivity index (χ2v) is 12.2. The number of piperazine rings is 1. The van der Waals surface area contributed by atoms with Crippen LogP contribution in [0, 0.1) is 11.3 Å². The Hall–Kier alpha value is -2.26. The van der Waals surface area contributed by atoms with Gasteiger partial charge in [0, 0.05) is 62.6 Å². The molecule has 198 valence electrons. The highest BCUT2D eigenvalue weighted by Gasteiger charge is 2.58. The standard InChI is InChI=1S/C29H38N4O4/c1-28(18-37-17-25(28)34)33-8-6-32(7-9-33)24-13-20-14-26(30-16-21(20)12-22(24)19-2-3-19)31-27(35)23-15-29(23)4-10-36-11-5-29/h12-14,16,19,23,25,34H,2-11,15,17-18H2,1H3,(H,30,31,35)/t23-,25-,28+/m0/s1. The number of pyridine rings is 1. The molecule has 1 amide bonds. The maximum atomic E-state index is 13.0. The van der Waals surface area contributed by atoms with Crippen LogP contribution in [0.25, 0.3) is 10.8 Å². The Morgan fingerprint density at radius 1 is 1.08 bits per heavy atom. The first-order valence-corrected chi connectivity index (χ1v) is 14.0. The number of anilines is 2. The first-order valence-electron chi connectivity index (χ1n) is 14.0. The van der Waals surface area contributed by atoms with E-state index in [4.69, 9.17) is 9.47 Å². The largest absolute Gasteiger partial charge is 0.389 e. The molecule has 7 rings (SSSR count). The van der Waals surface area contributed by atoms with Gasteiger partial charge in [-0.1, -0.05) is 0 Å². The Balaban J connectivity index is 1.10. The summed E-state index contributed by atoms with van der Waals surface area (Å²) < 4.78 is 11.1. The van der Waals surface area contributed by atoms with Crippen LogP contribution in [-0.2, 0) is 14.3 Å². The Labute approximate surface area is 218 Å². The average Bonchev–Trinajstić information content (AvgIpc) is 3.84. The summed E-state index contributed by atoms with van der Waals surface area (Å²) in [4.78, 5) is 22.5. The van der Waals surface area contributed by atoms with Gasteiger partial charge in [-0.15, -0.1) is 0 Å². The van der Waals surface area contributed by atoms with Gasteiger partial charge in [-0.3, -0.25) is 9.69 Å². The third-order valence-corrected chi connectivity index (χ3v) is 9.86. The summed E-state index contributed by atoms with van der Waals surface area (Å²) in [6.07, 6.45) is 6.92. The van der Waals surface area contributed by atoms with Gasteiger partial charge >= 0.3 is 0 Å². The highest BCUT2D eigenvalue weighted by Crippen LogP contribution is 2.59. The van der Waals surface area contributed by atoms with Crippen LogP contribution in [0.1, 0.15) is 50.5 Å². The van der Waals surface area contributed by atoms with Gasteiger partial charge < -0.3 is 24.8 Å². The molecule has 3 aliphatic heterocycles. The van der Waals surface area contributed by atoms with E-state index in [0.717, 1.165) is 69.4 Å². The van der Waals surface area contributed by atoms with E-state index in [1.807, 2.05) is 12.3 Å². The smallest absolute Gasteiger partial charge is 0.229 e. The van der Waals surface area contributed by atoms with Crippen LogP contribution >= 0.6 is 0 Å². The molecular formula is C29H38N4O4. The maximum Gasteiger partial charge on any atom is 0.229 e. The van der Waals surface area contributed by atoms with Gasteiger partial charge in [-0.25, -0.2) is 4.98 Å². The third kappa shape index (κ3) is 4.22. The summed E-state index contributed by atoms with van der Waals surface area (Å²) in [7, 11) is 0. The summed E-state index contributed by atoms with van der Waals surface area (Å²) in [5.74, 6) is 1.46. The number of aromatic nitrogens is 1. The van der Waals surface area contributed by atoms with Crippen molar-refractivity contribution in [3.63, 3.8) is 0 Å². The number of ether oxygens (including phenoxy) is 2. The number of aliphatic hydroxyl groups is 1. The Morgan fingerprint density at radius 3 is 2.57 bits per heavy atom. The number of hydrogen-bond donors (Lipinski definition) is 2. The van der Waals surface area contributed by atoms with Crippen LogP contribution in [-0.4, -0.2) is 85.1 Å². The fraction of sp³-hybridized carbons (Fsp3) is 0.655. The van der Waals surface area contributed by atoms with Crippen molar-refractivity contribution in [2.75, 3.05) is 62.8 Å². The minimum absolute atomic E-state index is 0.0867. The Kier molecular flexibility index (Phi) is 5.73. The number of carbonyl (C=O) groups excluding carboxylic acids is 1. The molecule has 0 bridgehead atoms. The molecule has 3 saturated heterocycles. The van der Waals surface area contributed by atoms with Crippen molar-refractivity contribution in [1.82, 2.24) is 9.88 Å². The van der Waals surface area contributed by atoms with Crippen molar-refractivity contribution in [1.29, 1.82) is 0 Å². The molecule has 0 unspecified atom stereocenters. The lowest BCUT2D eigenvalue weighted by Gasteiger charge is -2.45. The van der Waals surface area contributed by atoms with Gasteiger partial charge in [0.2, 0.25) is 5.91 Å². The number of aliphatic hydroxyl groups excluding tert-OH is 1. The molecule has 8 heteroatoms. The van der Waals surface area contributed by atoms with Crippen molar-refractivity contribution in [2.24, 2.45) is 11.3 Å². The number of amides is 1. The topological polar surface area (TPSA) is 87.2 Å². The zero-order valence-corrected chi connectivity index (χ0v) is 21.7.